The molecule has 1 aromatic heterocycles. The molecule has 2 aromatic rings. The van der Waals surface area contributed by atoms with Crippen LogP contribution in [0.5, 0.6) is 0 Å². The number of rotatable bonds is 4. The topological polar surface area (TPSA) is 59.3 Å². The van der Waals surface area contributed by atoms with Gasteiger partial charge in [-0.15, -0.1) is 0 Å². The Morgan fingerprint density at radius 3 is 2.95 bits per heavy atom. The molecule has 102 valence electrons. The molecule has 1 saturated heterocycles. The third-order valence-electron chi connectivity index (χ3n) is 3.71. The Morgan fingerprint density at radius 1 is 1.32 bits per heavy atom. The maximum Gasteiger partial charge on any atom is 0.154 e. The van der Waals surface area contributed by atoms with Crippen LogP contribution in [0.15, 0.2) is 34.9 Å². The third kappa shape index (κ3) is 2.53. The highest BCUT2D eigenvalue weighted by atomic mass is 32.2. The molecule has 2 heterocycles. The summed E-state index contributed by atoms with van der Waals surface area (Å²) in [5.74, 6) is 0.341. The quantitative estimate of drug-likeness (QED) is 0.931. The number of hydrogen-bond donors (Lipinski definition) is 1. The van der Waals surface area contributed by atoms with Crippen molar-refractivity contribution in [3.05, 3.63) is 36.1 Å². The Hall–Kier alpha value is -1.33. The van der Waals surface area contributed by atoms with E-state index in [1.807, 2.05) is 24.3 Å². The summed E-state index contributed by atoms with van der Waals surface area (Å²) in [4.78, 5) is 0. The van der Waals surface area contributed by atoms with Gasteiger partial charge in [0.2, 0.25) is 0 Å². The molecular weight excluding hydrogens is 262 g/mol. The fourth-order valence-electron chi connectivity index (χ4n) is 2.62. The Kier molecular flexibility index (Phi) is 3.33. The molecule has 1 N–H and O–H groups in total. The van der Waals surface area contributed by atoms with Crippen LogP contribution in [0.25, 0.3) is 11.0 Å². The summed E-state index contributed by atoms with van der Waals surface area (Å²) in [5, 5.41) is 4.11. The van der Waals surface area contributed by atoms with Crippen LogP contribution in [0.1, 0.15) is 18.4 Å². The van der Waals surface area contributed by atoms with Crippen molar-refractivity contribution in [3.8, 4) is 0 Å². The van der Waals surface area contributed by atoms with Crippen LogP contribution in [0.2, 0.25) is 0 Å². The van der Waals surface area contributed by atoms with Crippen molar-refractivity contribution in [2.24, 2.45) is 0 Å². The van der Waals surface area contributed by atoms with Gasteiger partial charge in [-0.25, -0.2) is 8.42 Å². The minimum Gasteiger partial charge on any atom is -0.464 e. The van der Waals surface area contributed by atoms with Gasteiger partial charge in [0, 0.05) is 24.0 Å². The van der Waals surface area contributed by atoms with Gasteiger partial charge in [0.05, 0.1) is 17.3 Å². The van der Waals surface area contributed by atoms with Gasteiger partial charge in [-0.2, -0.15) is 0 Å². The number of para-hydroxylation sites is 1. The van der Waals surface area contributed by atoms with Crippen LogP contribution in [0.4, 0.5) is 0 Å². The lowest BCUT2D eigenvalue weighted by molar-refractivity contribution is 0.570. The molecule has 5 heteroatoms. The zero-order valence-electron chi connectivity index (χ0n) is 10.6. The van der Waals surface area contributed by atoms with Crippen molar-refractivity contribution in [2.75, 3.05) is 12.3 Å². The van der Waals surface area contributed by atoms with Crippen molar-refractivity contribution in [3.63, 3.8) is 0 Å². The molecule has 4 nitrogen and oxygen atoms in total. The maximum atomic E-state index is 11.7. The first-order valence-electron chi connectivity index (χ1n) is 6.54. The maximum absolute atomic E-state index is 11.7. The third-order valence-corrected chi connectivity index (χ3v) is 5.99. The first-order chi connectivity index (χ1) is 9.17. The first-order valence-corrected chi connectivity index (χ1v) is 8.26. The molecule has 0 amide bonds. The molecule has 1 aliphatic heterocycles. The van der Waals surface area contributed by atoms with E-state index in [-0.39, 0.29) is 5.25 Å². The van der Waals surface area contributed by atoms with Crippen LogP contribution in [0, 0.1) is 0 Å². The van der Waals surface area contributed by atoms with Gasteiger partial charge in [-0.05, 0) is 18.9 Å². The van der Waals surface area contributed by atoms with Crippen LogP contribution < -0.4 is 5.32 Å². The predicted molar refractivity (Wildman–Crippen MR) is 74.7 cm³/mol. The van der Waals surface area contributed by atoms with Crippen LogP contribution in [0.3, 0.4) is 0 Å². The fourth-order valence-corrected chi connectivity index (χ4v) is 4.42. The Morgan fingerprint density at radius 2 is 2.16 bits per heavy atom. The van der Waals surface area contributed by atoms with Crippen LogP contribution in [-0.4, -0.2) is 26.0 Å². The number of fused-ring (bicyclic) bond motifs is 1. The minimum atomic E-state index is -2.86. The molecule has 1 aromatic carbocycles. The van der Waals surface area contributed by atoms with E-state index in [4.69, 9.17) is 4.42 Å². The largest absolute Gasteiger partial charge is 0.464 e. The van der Waals surface area contributed by atoms with Crippen molar-refractivity contribution < 1.29 is 12.8 Å². The summed E-state index contributed by atoms with van der Waals surface area (Å²) >= 11 is 0. The zero-order valence-corrected chi connectivity index (χ0v) is 11.4. The Bertz CT molecular complexity index is 675. The standard InChI is InChI=1S/C14H17NO3S/c16-19(17)7-3-4-12(19)9-15-8-11-10-18-14-6-2-1-5-13(11)14/h1-2,5-6,10,12,15H,3-4,7-9H2. The molecular formula is C14H17NO3S. The molecule has 1 aliphatic rings. The fraction of sp³-hybridized carbons (Fsp3) is 0.429. The Balaban J connectivity index is 1.64. The van der Waals surface area contributed by atoms with Gasteiger partial charge < -0.3 is 9.73 Å². The molecule has 0 aliphatic carbocycles. The average Bonchev–Trinajstić information content (AvgIpc) is 2.94. The van der Waals surface area contributed by atoms with E-state index in [1.54, 1.807) is 6.26 Å². The lowest BCUT2D eigenvalue weighted by atomic mass is 10.2. The monoisotopic (exact) mass is 279 g/mol. The van der Waals surface area contributed by atoms with Crippen molar-refractivity contribution in [1.29, 1.82) is 0 Å². The number of furan rings is 1. The number of nitrogens with one attached hydrogen (secondary N) is 1. The number of benzene rings is 1. The molecule has 0 saturated carbocycles. The van der Waals surface area contributed by atoms with Gasteiger partial charge in [-0.3, -0.25) is 0 Å². The summed E-state index contributed by atoms with van der Waals surface area (Å²) < 4.78 is 28.9. The highest BCUT2D eigenvalue weighted by Crippen LogP contribution is 2.21. The summed E-state index contributed by atoms with van der Waals surface area (Å²) in [6.07, 6.45) is 3.31. The molecule has 0 spiro atoms. The molecule has 1 atom stereocenters. The Labute approximate surface area is 112 Å². The van der Waals surface area contributed by atoms with E-state index < -0.39 is 9.84 Å². The second kappa shape index (κ2) is 4.98. The van der Waals surface area contributed by atoms with E-state index in [1.165, 1.54) is 0 Å². The van der Waals surface area contributed by atoms with Crippen molar-refractivity contribution in [2.45, 2.75) is 24.6 Å². The van der Waals surface area contributed by atoms with Crippen LogP contribution >= 0.6 is 0 Å². The van der Waals surface area contributed by atoms with Gasteiger partial charge in [-0.1, -0.05) is 18.2 Å². The lowest BCUT2D eigenvalue weighted by Crippen LogP contribution is -2.30. The first kappa shape index (κ1) is 12.7. The minimum absolute atomic E-state index is 0.217. The molecule has 19 heavy (non-hydrogen) atoms. The number of sulfone groups is 1. The van der Waals surface area contributed by atoms with Gasteiger partial charge in [0.25, 0.3) is 0 Å². The summed E-state index contributed by atoms with van der Waals surface area (Å²) in [7, 11) is -2.86. The normalized spacial score (nSPS) is 22.0. The van der Waals surface area contributed by atoms with Crippen LogP contribution in [-0.2, 0) is 16.4 Å². The average molecular weight is 279 g/mol. The second-order valence-corrected chi connectivity index (χ2v) is 7.42. The van der Waals surface area contributed by atoms with E-state index in [2.05, 4.69) is 5.32 Å². The second-order valence-electron chi connectivity index (χ2n) is 5.02. The number of hydrogen-bond acceptors (Lipinski definition) is 4. The van der Waals surface area contributed by atoms with E-state index in [9.17, 15) is 8.42 Å². The van der Waals surface area contributed by atoms with Gasteiger partial charge >= 0.3 is 0 Å². The SMILES string of the molecule is O=S1(=O)CCCC1CNCc1coc2ccccc12. The van der Waals surface area contributed by atoms with E-state index in [0.717, 1.165) is 29.4 Å². The van der Waals surface area contributed by atoms with E-state index >= 15 is 0 Å². The van der Waals surface area contributed by atoms with E-state index in [0.29, 0.717) is 18.8 Å². The lowest BCUT2D eigenvalue weighted by Gasteiger charge is -2.09. The van der Waals surface area contributed by atoms with Crippen molar-refractivity contribution in [1.82, 2.24) is 5.32 Å². The predicted octanol–water partition coefficient (Wildman–Crippen LogP) is 2.10. The van der Waals surface area contributed by atoms with Crippen molar-refractivity contribution >= 4 is 20.8 Å². The van der Waals surface area contributed by atoms with Gasteiger partial charge in [0.15, 0.2) is 9.84 Å². The molecule has 0 bridgehead atoms. The summed E-state index contributed by atoms with van der Waals surface area (Å²) in [6.45, 7) is 1.17. The molecule has 0 radical (unpaired) electrons. The molecule has 1 fully saturated rings. The molecule has 3 rings (SSSR count). The zero-order chi connectivity index (χ0) is 13.3. The highest BCUT2D eigenvalue weighted by molar-refractivity contribution is 7.92. The summed E-state index contributed by atoms with van der Waals surface area (Å²) in [6, 6.07) is 7.86. The summed E-state index contributed by atoms with van der Waals surface area (Å²) in [5.41, 5.74) is 1.94. The molecule has 1 unspecified atom stereocenters. The smallest absolute Gasteiger partial charge is 0.154 e. The van der Waals surface area contributed by atoms with Gasteiger partial charge in [0.1, 0.15) is 5.58 Å². The highest BCUT2D eigenvalue weighted by Gasteiger charge is 2.30.